The molecule has 0 aliphatic rings. The maximum absolute atomic E-state index is 5.84. The van der Waals surface area contributed by atoms with Crippen LogP contribution in [0.1, 0.15) is 0 Å². The third-order valence-corrected chi connectivity index (χ3v) is 2.35. The Balaban J connectivity index is 3.19. The molecule has 1 aromatic carbocycles. The van der Waals surface area contributed by atoms with Crippen molar-refractivity contribution in [3.05, 3.63) is 17.2 Å². The van der Waals surface area contributed by atoms with Crippen molar-refractivity contribution in [1.82, 2.24) is 0 Å². The van der Waals surface area contributed by atoms with Crippen LogP contribution in [0.3, 0.4) is 0 Å². The second-order valence-electron chi connectivity index (χ2n) is 2.16. The molecule has 0 aliphatic heterocycles. The van der Waals surface area contributed by atoms with Crippen molar-refractivity contribution in [3.63, 3.8) is 0 Å². The highest BCUT2D eigenvalue weighted by Crippen LogP contribution is 2.34. The molecule has 0 radical (unpaired) electrons. The van der Waals surface area contributed by atoms with E-state index in [0.717, 1.165) is 0 Å². The van der Waals surface area contributed by atoms with Gasteiger partial charge in [-0.15, -0.1) is 12.6 Å². The topological polar surface area (TPSA) is 18.5 Å². The molecule has 0 bridgehead atoms. The summed E-state index contributed by atoms with van der Waals surface area (Å²) in [6.45, 7) is 0. The summed E-state index contributed by atoms with van der Waals surface area (Å²) in [6, 6.07) is 3.42. The Labute approximate surface area is 81.8 Å². The molecule has 66 valence electrons. The molecular weight excluding hydrogens is 196 g/mol. The van der Waals surface area contributed by atoms with Gasteiger partial charge in [0.2, 0.25) is 0 Å². The monoisotopic (exact) mass is 204 g/mol. The van der Waals surface area contributed by atoms with E-state index >= 15 is 0 Å². The van der Waals surface area contributed by atoms with Crippen LogP contribution in [0.25, 0.3) is 0 Å². The number of hydrogen-bond acceptors (Lipinski definition) is 3. The average molecular weight is 205 g/mol. The fraction of sp³-hybridized carbons (Fsp3) is 0.250. The quantitative estimate of drug-likeness (QED) is 0.747. The molecule has 12 heavy (non-hydrogen) atoms. The summed E-state index contributed by atoms with van der Waals surface area (Å²) < 4.78 is 10.0. The highest BCUT2D eigenvalue weighted by atomic mass is 35.5. The largest absolute Gasteiger partial charge is 0.497 e. The zero-order valence-corrected chi connectivity index (χ0v) is 8.45. The third-order valence-electron chi connectivity index (χ3n) is 1.46. The molecule has 0 saturated heterocycles. The van der Waals surface area contributed by atoms with E-state index in [0.29, 0.717) is 21.4 Å². The first kappa shape index (κ1) is 9.55. The van der Waals surface area contributed by atoms with Gasteiger partial charge in [-0.1, -0.05) is 11.6 Å². The molecule has 1 rings (SSSR count). The first-order chi connectivity index (χ1) is 5.69. The molecule has 0 aliphatic carbocycles. The molecule has 0 saturated carbocycles. The van der Waals surface area contributed by atoms with E-state index < -0.39 is 0 Å². The van der Waals surface area contributed by atoms with E-state index in [2.05, 4.69) is 12.6 Å². The van der Waals surface area contributed by atoms with E-state index in [4.69, 9.17) is 21.1 Å². The molecule has 0 unspecified atom stereocenters. The van der Waals surface area contributed by atoms with Gasteiger partial charge in [0, 0.05) is 12.1 Å². The van der Waals surface area contributed by atoms with Gasteiger partial charge in [-0.25, -0.2) is 0 Å². The highest BCUT2D eigenvalue weighted by Gasteiger charge is 2.06. The zero-order valence-electron chi connectivity index (χ0n) is 6.80. The average Bonchev–Trinajstić information content (AvgIpc) is 2.09. The van der Waals surface area contributed by atoms with E-state index in [-0.39, 0.29) is 0 Å². The van der Waals surface area contributed by atoms with Crippen molar-refractivity contribution >= 4 is 24.2 Å². The van der Waals surface area contributed by atoms with Crippen LogP contribution in [0.2, 0.25) is 5.02 Å². The van der Waals surface area contributed by atoms with Gasteiger partial charge in [0.25, 0.3) is 0 Å². The predicted octanol–water partition coefficient (Wildman–Crippen LogP) is 2.65. The van der Waals surface area contributed by atoms with Crippen LogP contribution >= 0.6 is 24.2 Å². The fourth-order valence-electron chi connectivity index (χ4n) is 0.824. The molecule has 0 spiro atoms. The normalized spacial score (nSPS) is 9.67. The van der Waals surface area contributed by atoms with Crippen LogP contribution in [-0.4, -0.2) is 14.2 Å². The maximum Gasteiger partial charge on any atom is 0.137 e. The lowest BCUT2D eigenvalue weighted by Gasteiger charge is -2.07. The number of hydrogen-bond donors (Lipinski definition) is 1. The zero-order chi connectivity index (χ0) is 9.14. The number of rotatable bonds is 2. The van der Waals surface area contributed by atoms with E-state index in [1.54, 1.807) is 26.4 Å². The fourth-order valence-corrected chi connectivity index (χ4v) is 1.24. The van der Waals surface area contributed by atoms with Gasteiger partial charge in [0.15, 0.2) is 0 Å². The molecule has 1 aromatic rings. The van der Waals surface area contributed by atoms with Gasteiger partial charge in [-0.2, -0.15) is 0 Å². The van der Waals surface area contributed by atoms with Crippen molar-refractivity contribution in [2.45, 2.75) is 4.90 Å². The molecule has 0 fully saturated rings. The minimum absolute atomic E-state index is 0.523. The predicted molar refractivity (Wildman–Crippen MR) is 51.8 cm³/mol. The van der Waals surface area contributed by atoms with Crippen molar-refractivity contribution in [2.75, 3.05) is 14.2 Å². The highest BCUT2D eigenvalue weighted by molar-refractivity contribution is 7.80. The molecule has 0 N–H and O–H groups in total. The Bertz CT molecular complexity index is 289. The lowest BCUT2D eigenvalue weighted by Crippen LogP contribution is -1.88. The van der Waals surface area contributed by atoms with Crippen LogP contribution in [0.15, 0.2) is 17.0 Å². The SMILES string of the molecule is COc1cc(Cl)c(S)c(OC)c1. The minimum Gasteiger partial charge on any atom is -0.497 e. The molecular formula is C8H9ClO2S. The van der Waals surface area contributed by atoms with E-state index in [1.807, 2.05) is 0 Å². The summed E-state index contributed by atoms with van der Waals surface area (Å²) in [5, 5.41) is 0.523. The van der Waals surface area contributed by atoms with Gasteiger partial charge in [-0.05, 0) is 0 Å². The Morgan fingerprint density at radius 3 is 2.42 bits per heavy atom. The van der Waals surface area contributed by atoms with Crippen molar-refractivity contribution < 1.29 is 9.47 Å². The van der Waals surface area contributed by atoms with E-state index in [9.17, 15) is 0 Å². The van der Waals surface area contributed by atoms with Crippen LogP contribution in [0.5, 0.6) is 11.5 Å². The van der Waals surface area contributed by atoms with E-state index in [1.165, 1.54) is 0 Å². The summed E-state index contributed by atoms with van der Waals surface area (Å²) >= 11 is 10.0. The van der Waals surface area contributed by atoms with Crippen molar-refractivity contribution in [3.8, 4) is 11.5 Å². The van der Waals surface area contributed by atoms with Crippen LogP contribution < -0.4 is 9.47 Å². The first-order valence-electron chi connectivity index (χ1n) is 3.29. The summed E-state index contributed by atoms with van der Waals surface area (Å²) in [5.41, 5.74) is 0. The number of benzene rings is 1. The lowest BCUT2D eigenvalue weighted by molar-refractivity contribution is 0.388. The molecule has 0 aromatic heterocycles. The number of ether oxygens (including phenoxy) is 2. The second-order valence-corrected chi connectivity index (χ2v) is 3.01. The standard InChI is InChI=1S/C8H9ClO2S/c1-10-5-3-6(9)8(12)7(4-5)11-2/h3-4,12H,1-2H3. The molecule has 2 nitrogen and oxygen atoms in total. The Kier molecular flexibility index (Phi) is 3.12. The van der Waals surface area contributed by atoms with Crippen molar-refractivity contribution in [1.29, 1.82) is 0 Å². The molecule has 0 atom stereocenters. The minimum atomic E-state index is 0.523. The summed E-state index contributed by atoms with van der Waals surface area (Å²) in [5.74, 6) is 1.28. The second kappa shape index (κ2) is 3.92. The van der Waals surface area contributed by atoms with Gasteiger partial charge in [0.05, 0.1) is 24.1 Å². The van der Waals surface area contributed by atoms with Crippen LogP contribution in [0, 0.1) is 0 Å². The summed E-state index contributed by atoms with van der Waals surface area (Å²) in [6.07, 6.45) is 0. The van der Waals surface area contributed by atoms with Gasteiger partial charge in [0.1, 0.15) is 11.5 Å². The third kappa shape index (κ3) is 1.79. The molecule has 0 amide bonds. The lowest BCUT2D eigenvalue weighted by atomic mass is 10.3. The van der Waals surface area contributed by atoms with Gasteiger partial charge < -0.3 is 9.47 Å². The number of thiol groups is 1. The summed E-state index contributed by atoms with van der Waals surface area (Å²) in [7, 11) is 3.13. The Morgan fingerprint density at radius 1 is 1.25 bits per heavy atom. The smallest absolute Gasteiger partial charge is 0.137 e. The van der Waals surface area contributed by atoms with Crippen molar-refractivity contribution in [2.24, 2.45) is 0 Å². The molecule has 0 heterocycles. The molecule has 4 heteroatoms. The number of methoxy groups -OCH3 is 2. The Morgan fingerprint density at radius 2 is 1.92 bits per heavy atom. The number of halogens is 1. The van der Waals surface area contributed by atoms with Gasteiger partial charge >= 0.3 is 0 Å². The summed E-state index contributed by atoms with van der Waals surface area (Å²) in [4.78, 5) is 0.625. The van der Waals surface area contributed by atoms with Gasteiger partial charge in [-0.3, -0.25) is 0 Å². The first-order valence-corrected chi connectivity index (χ1v) is 4.12. The van der Waals surface area contributed by atoms with Crippen LogP contribution in [0.4, 0.5) is 0 Å². The maximum atomic E-state index is 5.84. The van der Waals surface area contributed by atoms with Crippen LogP contribution in [-0.2, 0) is 0 Å². The Hall–Kier alpha value is -0.540.